The Morgan fingerprint density at radius 2 is 1.97 bits per heavy atom. The Hall–Kier alpha value is -1.84. The van der Waals surface area contributed by atoms with E-state index in [-0.39, 0.29) is 22.7 Å². The van der Waals surface area contributed by atoms with E-state index in [1.54, 1.807) is 6.08 Å². The van der Waals surface area contributed by atoms with Gasteiger partial charge in [-0.3, -0.25) is 4.79 Å². The minimum absolute atomic E-state index is 0.0284. The number of allylic oxidation sites excluding steroid dienone is 5. The molecule has 3 fully saturated rings. The number of ketones is 1. The Morgan fingerprint density at radius 1 is 1.20 bits per heavy atom. The van der Waals surface area contributed by atoms with Gasteiger partial charge in [0.15, 0.2) is 0 Å². The molecule has 4 aliphatic carbocycles. The minimum atomic E-state index is -0.286. The lowest BCUT2D eigenvalue weighted by Gasteiger charge is -2.55. The molecule has 4 heteroatoms. The molecule has 4 nitrogen and oxygen atoms in total. The van der Waals surface area contributed by atoms with Gasteiger partial charge >= 0.3 is 5.97 Å². The van der Waals surface area contributed by atoms with Crippen LogP contribution in [0.5, 0.6) is 0 Å². The van der Waals surface area contributed by atoms with E-state index in [2.05, 4.69) is 30.9 Å². The predicted molar refractivity (Wildman–Crippen MR) is 116 cm³/mol. The number of hydrogen-bond donors (Lipinski definition) is 0. The molecule has 2 saturated carbocycles. The highest BCUT2D eigenvalue weighted by molar-refractivity contribution is 5.87. The fourth-order valence-corrected chi connectivity index (χ4v) is 7.69. The monoisotopic (exact) mass is 409 g/mol. The first-order valence-corrected chi connectivity index (χ1v) is 11.8. The molecule has 5 atom stereocenters. The molecule has 0 aromatic rings. The van der Waals surface area contributed by atoms with Gasteiger partial charge in [-0.05, 0) is 73.8 Å². The van der Waals surface area contributed by atoms with E-state index in [9.17, 15) is 9.59 Å². The van der Waals surface area contributed by atoms with Gasteiger partial charge in [0.2, 0.25) is 0 Å². The second kappa shape index (κ2) is 7.10. The molecule has 0 radical (unpaired) electrons. The van der Waals surface area contributed by atoms with Gasteiger partial charge in [0.25, 0.3) is 0 Å². The maximum atomic E-state index is 13.7. The summed E-state index contributed by atoms with van der Waals surface area (Å²) in [6.45, 7) is 6.96. The highest BCUT2D eigenvalue weighted by Gasteiger charge is 2.60. The lowest BCUT2D eigenvalue weighted by Crippen LogP contribution is -2.53. The summed E-state index contributed by atoms with van der Waals surface area (Å²) in [7, 11) is 1.43. The molecule has 0 aromatic carbocycles. The van der Waals surface area contributed by atoms with Crippen molar-refractivity contribution in [1.82, 2.24) is 4.90 Å². The third kappa shape index (κ3) is 2.85. The van der Waals surface area contributed by atoms with Crippen LogP contribution in [0.25, 0.3) is 0 Å². The zero-order chi connectivity index (χ0) is 21.1. The summed E-state index contributed by atoms with van der Waals surface area (Å²) in [5, 5.41) is 0. The van der Waals surface area contributed by atoms with Crippen LogP contribution < -0.4 is 0 Å². The predicted octanol–water partition coefficient (Wildman–Crippen LogP) is 4.82. The van der Waals surface area contributed by atoms with Gasteiger partial charge in [0, 0.05) is 42.6 Å². The third-order valence-electron chi connectivity index (χ3n) is 9.29. The van der Waals surface area contributed by atoms with Crippen LogP contribution in [0, 0.1) is 28.6 Å². The summed E-state index contributed by atoms with van der Waals surface area (Å²) in [6.07, 6.45) is 14.9. The number of Topliss-reactive ketones (excluding diaryl/α,β-unsaturated/α-hetero) is 1. The molecule has 5 rings (SSSR count). The molecule has 0 spiro atoms. The normalized spacial score (nSPS) is 41.7. The quantitative estimate of drug-likeness (QED) is 0.485. The van der Waals surface area contributed by atoms with Crippen LogP contribution in [0.3, 0.4) is 0 Å². The highest BCUT2D eigenvalue weighted by atomic mass is 16.5. The number of carbonyl (C=O) groups excluding carboxylic acids is 2. The van der Waals surface area contributed by atoms with Crippen molar-refractivity contribution in [3.8, 4) is 0 Å². The lowest BCUT2D eigenvalue weighted by molar-refractivity contribution is -0.140. The molecular weight excluding hydrogens is 374 g/mol. The third-order valence-corrected chi connectivity index (χ3v) is 9.29. The zero-order valence-corrected chi connectivity index (χ0v) is 18.7. The standard InChI is InChI=1S/C26H35NO3/c1-25-11-10-19(27-12-4-5-13-27)14-17(25)6-8-20-21-9-7-18(15-23(29)30-3)26(21,2)16-22(28)24(20)25/h6,14-15,20-21,24H,4-5,7-13,16H2,1-3H3/b18-15+. The maximum Gasteiger partial charge on any atom is 0.330 e. The van der Waals surface area contributed by atoms with E-state index in [1.165, 1.54) is 44.3 Å². The van der Waals surface area contributed by atoms with Gasteiger partial charge in [-0.1, -0.05) is 25.5 Å². The minimum Gasteiger partial charge on any atom is -0.466 e. The lowest BCUT2D eigenvalue weighted by atomic mass is 9.48. The average molecular weight is 410 g/mol. The van der Waals surface area contributed by atoms with Crippen LogP contribution in [0.4, 0.5) is 0 Å². The molecule has 0 aromatic heterocycles. The van der Waals surface area contributed by atoms with E-state index in [4.69, 9.17) is 4.74 Å². The number of nitrogens with zero attached hydrogens (tertiary/aromatic N) is 1. The smallest absolute Gasteiger partial charge is 0.330 e. The van der Waals surface area contributed by atoms with Crippen molar-refractivity contribution in [2.24, 2.45) is 28.6 Å². The number of hydrogen-bond acceptors (Lipinski definition) is 4. The van der Waals surface area contributed by atoms with Crippen molar-refractivity contribution in [3.63, 3.8) is 0 Å². The second-order valence-electron chi connectivity index (χ2n) is 10.7. The first-order chi connectivity index (χ1) is 14.4. The van der Waals surface area contributed by atoms with Crippen molar-refractivity contribution in [2.75, 3.05) is 20.2 Å². The van der Waals surface area contributed by atoms with E-state index < -0.39 is 0 Å². The number of fused-ring (bicyclic) bond motifs is 5. The molecule has 0 N–H and O–H groups in total. The Balaban J connectivity index is 1.48. The first-order valence-electron chi connectivity index (χ1n) is 11.8. The van der Waals surface area contributed by atoms with E-state index in [1.807, 2.05) is 0 Å². The first kappa shape index (κ1) is 20.1. The SMILES string of the molecule is COC(=O)/C=C1\CCC2C3CC=C4C=C(N5CCCC5)CCC4(C)C3C(=O)CC12C. The van der Waals surface area contributed by atoms with Gasteiger partial charge < -0.3 is 9.64 Å². The highest BCUT2D eigenvalue weighted by Crippen LogP contribution is 2.64. The zero-order valence-electron chi connectivity index (χ0n) is 18.7. The van der Waals surface area contributed by atoms with Crippen LogP contribution in [0.1, 0.15) is 65.2 Å². The molecule has 5 aliphatic rings. The largest absolute Gasteiger partial charge is 0.466 e. The Labute approximate surface area is 180 Å². The van der Waals surface area contributed by atoms with Crippen LogP contribution >= 0.6 is 0 Å². The summed E-state index contributed by atoms with van der Waals surface area (Å²) in [5.74, 6) is 1.14. The molecular formula is C26H35NO3. The molecule has 1 saturated heterocycles. The van der Waals surface area contributed by atoms with Crippen LogP contribution in [0.15, 0.2) is 35.1 Å². The number of ether oxygens (including phenoxy) is 1. The summed E-state index contributed by atoms with van der Waals surface area (Å²) in [4.78, 5) is 28.2. The number of methoxy groups -OCH3 is 1. The Kier molecular flexibility index (Phi) is 4.75. The number of likely N-dealkylation sites (tertiary alicyclic amines) is 1. The van der Waals surface area contributed by atoms with Gasteiger partial charge in [0.1, 0.15) is 5.78 Å². The fraction of sp³-hybridized carbons (Fsp3) is 0.692. The molecule has 30 heavy (non-hydrogen) atoms. The van der Waals surface area contributed by atoms with Crippen LogP contribution in [-0.4, -0.2) is 36.9 Å². The van der Waals surface area contributed by atoms with Gasteiger partial charge in [-0.2, -0.15) is 0 Å². The van der Waals surface area contributed by atoms with Crippen molar-refractivity contribution in [3.05, 3.63) is 35.1 Å². The molecule has 1 aliphatic heterocycles. The van der Waals surface area contributed by atoms with Crippen molar-refractivity contribution in [1.29, 1.82) is 0 Å². The number of rotatable bonds is 2. The number of carbonyl (C=O) groups is 2. The Morgan fingerprint density at radius 3 is 2.70 bits per heavy atom. The van der Waals surface area contributed by atoms with Crippen LogP contribution in [-0.2, 0) is 14.3 Å². The molecule has 0 bridgehead atoms. The average Bonchev–Trinajstić information content (AvgIpc) is 3.35. The topological polar surface area (TPSA) is 46.6 Å². The fourth-order valence-electron chi connectivity index (χ4n) is 7.69. The van der Waals surface area contributed by atoms with Crippen molar-refractivity contribution >= 4 is 11.8 Å². The molecule has 5 unspecified atom stereocenters. The summed E-state index contributed by atoms with van der Waals surface area (Å²) in [5.41, 5.74) is 3.83. The van der Waals surface area contributed by atoms with Gasteiger partial charge in [-0.15, -0.1) is 0 Å². The summed E-state index contributed by atoms with van der Waals surface area (Å²) >= 11 is 0. The molecule has 1 heterocycles. The van der Waals surface area contributed by atoms with Crippen molar-refractivity contribution in [2.45, 2.75) is 65.2 Å². The number of esters is 1. The molecule has 0 amide bonds. The second-order valence-corrected chi connectivity index (χ2v) is 10.7. The molecule has 162 valence electrons. The van der Waals surface area contributed by atoms with Crippen LogP contribution in [0.2, 0.25) is 0 Å². The van der Waals surface area contributed by atoms with Gasteiger partial charge in [-0.25, -0.2) is 4.79 Å². The van der Waals surface area contributed by atoms with E-state index in [0.717, 1.165) is 37.7 Å². The maximum absolute atomic E-state index is 13.7. The van der Waals surface area contributed by atoms with Gasteiger partial charge in [0.05, 0.1) is 7.11 Å². The van der Waals surface area contributed by atoms with Crippen molar-refractivity contribution < 1.29 is 14.3 Å². The Bertz CT molecular complexity index is 862. The summed E-state index contributed by atoms with van der Waals surface area (Å²) < 4.78 is 4.89. The van der Waals surface area contributed by atoms with E-state index >= 15 is 0 Å². The summed E-state index contributed by atoms with van der Waals surface area (Å²) in [6, 6.07) is 0. The van der Waals surface area contributed by atoms with E-state index in [0.29, 0.717) is 24.0 Å².